The van der Waals surface area contributed by atoms with Gasteiger partial charge in [-0.3, -0.25) is 14.8 Å². The third-order valence-electron chi connectivity index (χ3n) is 3.13. The lowest BCUT2D eigenvalue weighted by Crippen LogP contribution is -2.29. The molecule has 0 aliphatic rings. The number of rotatable bonds is 6. The maximum atomic E-state index is 10.8. The van der Waals surface area contributed by atoms with Crippen LogP contribution >= 0.6 is 0 Å². The highest BCUT2D eigenvalue weighted by molar-refractivity contribution is 5.67. The zero-order valence-electron chi connectivity index (χ0n) is 11.3. The zero-order chi connectivity index (χ0) is 14.4. The Morgan fingerprint density at radius 3 is 2.65 bits per heavy atom. The van der Waals surface area contributed by atoms with Crippen molar-refractivity contribution in [3.63, 3.8) is 0 Å². The van der Waals surface area contributed by atoms with Crippen molar-refractivity contribution < 1.29 is 9.90 Å². The largest absolute Gasteiger partial charge is 0.481 e. The normalized spacial score (nSPS) is 11.8. The summed E-state index contributed by atoms with van der Waals surface area (Å²) in [7, 11) is 0. The van der Waals surface area contributed by atoms with Gasteiger partial charge in [0, 0.05) is 24.6 Å². The van der Waals surface area contributed by atoms with E-state index in [-0.39, 0.29) is 12.5 Å². The van der Waals surface area contributed by atoms with Crippen LogP contribution in [0.2, 0.25) is 0 Å². The molecule has 20 heavy (non-hydrogen) atoms. The fourth-order valence-electron chi connectivity index (χ4n) is 2.07. The van der Waals surface area contributed by atoms with Gasteiger partial charge in [0.2, 0.25) is 0 Å². The molecule has 0 aliphatic carbocycles. The van der Waals surface area contributed by atoms with E-state index in [1.54, 1.807) is 18.6 Å². The number of aromatic nitrogens is 2. The second-order valence-electron chi connectivity index (χ2n) is 4.48. The van der Waals surface area contributed by atoms with Crippen molar-refractivity contribution in [2.24, 2.45) is 0 Å². The highest BCUT2D eigenvalue weighted by atomic mass is 16.4. The minimum atomic E-state index is -0.808. The number of carboxylic acids is 1. The average Bonchev–Trinajstić information content (AvgIpc) is 2.49. The van der Waals surface area contributed by atoms with E-state index in [1.807, 2.05) is 42.2 Å². The van der Waals surface area contributed by atoms with Crippen LogP contribution in [0, 0.1) is 0 Å². The molecular weight excluding hydrogens is 254 g/mol. The van der Waals surface area contributed by atoms with Gasteiger partial charge in [-0.15, -0.1) is 0 Å². The Hall–Kier alpha value is -2.43. The summed E-state index contributed by atoms with van der Waals surface area (Å²) < 4.78 is 0. The number of carbonyl (C=O) groups is 1. The standard InChI is InChI=1S/C15H17N3O2/c1-12(14-11-16-8-9-17-14)18(10-7-15(19)20)13-5-3-2-4-6-13/h2-6,8-9,11-12H,7,10H2,1H3,(H,19,20). The summed E-state index contributed by atoms with van der Waals surface area (Å²) >= 11 is 0. The van der Waals surface area contributed by atoms with Gasteiger partial charge in [0.05, 0.1) is 24.4 Å². The summed E-state index contributed by atoms with van der Waals surface area (Å²) in [5.74, 6) is -0.808. The van der Waals surface area contributed by atoms with Crippen LogP contribution in [0.25, 0.3) is 0 Å². The second-order valence-corrected chi connectivity index (χ2v) is 4.48. The van der Waals surface area contributed by atoms with Crippen molar-refractivity contribution in [1.29, 1.82) is 0 Å². The fraction of sp³-hybridized carbons (Fsp3) is 0.267. The molecule has 0 bridgehead atoms. The molecule has 1 heterocycles. The molecule has 0 aliphatic heterocycles. The number of carboxylic acid groups (broad SMARTS) is 1. The summed E-state index contributed by atoms with van der Waals surface area (Å²) in [4.78, 5) is 21.2. The molecule has 1 aromatic heterocycles. The zero-order valence-corrected chi connectivity index (χ0v) is 11.3. The molecular formula is C15H17N3O2. The minimum Gasteiger partial charge on any atom is -0.481 e. The van der Waals surface area contributed by atoms with E-state index in [9.17, 15) is 4.79 Å². The highest BCUT2D eigenvalue weighted by Crippen LogP contribution is 2.25. The third-order valence-corrected chi connectivity index (χ3v) is 3.13. The van der Waals surface area contributed by atoms with Gasteiger partial charge in [-0.2, -0.15) is 0 Å². The van der Waals surface area contributed by atoms with E-state index in [2.05, 4.69) is 9.97 Å². The second kappa shape index (κ2) is 6.65. The minimum absolute atomic E-state index is 0.0366. The van der Waals surface area contributed by atoms with Crippen LogP contribution in [0.3, 0.4) is 0 Å². The summed E-state index contributed by atoms with van der Waals surface area (Å²) in [5, 5.41) is 8.91. The highest BCUT2D eigenvalue weighted by Gasteiger charge is 2.18. The lowest BCUT2D eigenvalue weighted by Gasteiger charge is -2.30. The molecule has 1 N–H and O–H groups in total. The van der Waals surface area contributed by atoms with E-state index in [0.29, 0.717) is 6.54 Å². The van der Waals surface area contributed by atoms with Gasteiger partial charge in [-0.05, 0) is 19.1 Å². The first kappa shape index (κ1) is 14.0. The molecule has 5 nitrogen and oxygen atoms in total. The molecule has 0 radical (unpaired) electrons. The molecule has 0 saturated heterocycles. The fourth-order valence-corrected chi connectivity index (χ4v) is 2.07. The smallest absolute Gasteiger partial charge is 0.305 e. The van der Waals surface area contributed by atoms with Gasteiger partial charge in [-0.1, -0.05) is 18.2 Å². The molecule has 0 amide bonds. The van der Waals surface area contributed by atoms with Crippen molar-refractivity contribution in [3.8, 4) is 0 Å². The van der Waals surface area contributed by atoms with Crippen molar-refractivity contribution in [2.45, 2.75) is 19.4 Å². The van der Waals surface area contributed by atoms with Crippen LogP contribution < -0.4 is 4.90 Å². The van der Waals surface area contributed by atoms with Crippen LogP contribution in [0.4, 0.5) is 5.69 Å². The molecule has 0 saturated carbocycles. The van der Waals surface area contributed by atoms with E-state index in [1.165, 1.54) is 0 Å². The summed E-state index contributed by atoms with van der Waals surface area (Å²) in [5.41, 5.74) is 1.80. The number of aliphatic carboxylic acids is 1. The van der Waals surface area contributed by atoms with Gasteiger partial charge in [0.1, 0.15) is 0 Å². The Morgan fingerprint density at radius 1 is 1.30 bits per heavy atom. The average molecular weight is 271 g/mol. The number of nitrogens with zero attached hydrogens (tertiary/aromatic N) is 3. The van der Waals surface area contributed by atoms with Gasteiger partial charge >= 0.3 is 5.97 Å². The van der Waals surface area contributed by atoms with Crippen molar-refractivity contribution in [2.75, 3.05) is 11.4 Å². The van der Waals surface area contributed by atoms with Crippen molar-refractivity contribution in [1.82, 2.24) is 9.97 Å². The number of benzene rings is 1. The lowest BCUT2D eigenvalue weighted by atomic mass is 10.1. The van der Waals surface area contributed by atoms with Crippen LogP contribution in [0.5, 0.6) is 0 Å². The number of hydrogen-bond donors (Lipinski definition) is 1. The van der Waals surface area contributed by atoms with Crippen LogP contribution in [-0.2, 0) is 4.79 Å². The Labute approximate surface area is 117 Å². The molecule has 5 heteroatoms. The first-order valence-electron chi connectivity index (χ1n) is 6.48. The Kier molecular flexibility index (Phi) is 4.65. The maximum Gasteiger partial charge on any atom is 0.305 e. The molecule has 1 aromatic carbocycles. The van der Waals surface area contributed by atoms with Crippen LogP contribution in [0.15, 0.2) is 48.9 Å². The quantitative estimate of drug-likeness (QED) is 0.874. The van der Waals surface area contributed by atoms with Crippen LogP contribution in [0.1, 0.15) is 25.1 Å². The summed E-state index contributed by atoms with van der Waals surface area (Å²) in [6.07, 6.45) is 5.06. The number of anilines is 1. The van der Waals surface area contributed by atoms with Crippen molar-refractivity contribution in [3.05, 3.63) is 54.6 Å². The monoisotopic (exact) mass is 271 g/mol. The van der Waals surface area contributed by atoms with Gasteiger partial charge in [0.15, 0.2) is 0 Å². The summed E-state index contributed by atoms with van der Waals surface area (Å²) in [6.45, 7) is 2.43. The van der Waals surface area contributed by atoms with Crippen molar-refractivity contribution >= 4 is 11.7 Å². The molecule has 2 rings (SSSR count). The molecule has 1 unspecified atom stereocenters. The molecule has 0 fully saturated rings. The maximum absolute atomic E-state index is 10.8. The van der Waals surface area contributed by atoms with E-state index < -0.39 is 5.97 Å². The topological polar surface area (TPSA) is 66.3 Å². The number of hydrogen-bond acceptors (Lipinski definition) is 4. The molecule has 0 spiro atoms. The van der Waals surface area contributed by atoms with Gasteiger partial charge < -0.3 is 10.0 Å². The van der Waals surface area contributed by atoms with Crippen LogP contribution in [-0.4, -0.2) is 27.6 Å². The molecule has 104 valence electrons. The van der Waals surface area contributed by atoms with E-state index in [0.717, 1.165) is 11.4 Å². The first-order valence-corrected chi connectivity index (χ1v) is 6.48. The Balaban J connectivity index is 2.24. The Morgan fingerprint density at radius 2 is 2.05 bits per heavy atom. The predicted octanol–water partition coefficient (Wildman–Crippen LogP) is 2.52. The molecule has 2 aromatic rings. The Bertz CT molecular complexity index is 546. The number of para-hydroxylation sites is 1. The van der Waals surface area contributed by atoms with E-state index in [4.69, 9.17) is 5.11 Å². The van der Waals surface area contributed by atoms with E-state index >= 15 is 0 Å². The third kappa shape index (κ3) is 3.54. The lowest BCUT2D eigenvalue weighted by molar-refractivity contribution is -0.136. The summed E-state index contributed by atoms with van der Waals surface area (Å²) in [6, 6.07) is 9.71. The van der Waals surface area contributed by atoms with Gasteiger partial charge in [0.25, 0.3) is 0 Å². The SMILES string of the molecule is CC(c1cnccn1)N(CCC(=O)O)c1ccccc1. The predicted molar refractivity (Wildman–Crippen MR) is 76.5 cm³/mol. The first-order chi connectivity index (χ1) is 9.68. The van der Waals surface area contributed by atoms with Gasteiger partial charge in [-0.25, -0.2) is 0 Å². The molecule has 1 atom stereocenters.